The number of unbranched alkanes of at least 4 members (excludes halogenated alkanes) is 54. The topological polar surface area (TPSA) is 156 Å². The lowest BCUT2D eigenvalue weighted by molar-refractivity contribution is 0.0717. The van der Waals surface area contributed by atoms with Crippen LogP contribution in [0.5, 0.6) is 46.0 Å². The molecule has 0 N–H and O–H groups in total. The standard InChI is InChI=1S/C94H156N2O10/c1-7-13-19-25-31-37-43-49-55-61-69-99-87-75-81(76-88(100-70-62-56-50-44-38-32-26-20-14-8-2)91(87)103-73-65-59-53-47-41-35-29-23-17-11-5)93(97)105-85-67-68-86(84(80-96)83(85)79-95)106-94(98)82-77-89(101-71-63-57-51-45-39-33-27-21-15-9-3)92(104-74-66-60-54-48-42-36-30-24-18-12-6)90(78-82)102-72-64-58-52-46-40-34-28-22-16-10-4/h67-68,75-78H,7-66,69-74H2,1-6H3. The van der Waals surface area contributed by atoms with Gasteiger partial charge in [-0.3, -0.25) is 0 Å². The number of ether oxygens (including phenoxy) is 8. The van der Waals surface area contributed by atoms with Gasteiger partial charge in [-0.25, -0.2) is 9.59 Å². The van der Waals surface area contributed by atoms with Crippen LogP contribution in [0, 0.1) is 22.7 Å². The maximum atomic E-state index is 14.7. The highest BCUT2D eigenvalue weighted by Gasteiger charge is 2.26. The fraction of sp³-hybridized carbons (Fsp3) is 0.766. The summed E-state index contributed by atoms with van der Waals surface area (Å²) < 4.78 is 52.0. The minimum absolute atomic E-state index is 0.147. The fourth-order valence-electron chi connectivity index (χ4n) is 14.0. The predicted octanol–water partition coefficient (Wildman–Crippen LogP) is 29.7. The maximum absolute atomic E-state index is 14.7. The van der Waals surface area contributed by atoms with Crippen molar-refractivity contribution in [2.75, 3.05) is 39.6 Å². The zero-order chi connectivity index (χ0) is 76.1. The quantitative estimate of drug-likeness (QED) is 0.0300. The van der Waals surface area contributed by atoms with Gasteiger partial charge in [0, 0.05) is 0 Å². The number of hydrogen-bond donors (Lipinski definition) is 0. The molecule has 0 aromatic heterocycles. The first-order chi connectivity index (χ1) is 52.3. The van der Waals surface area contributed by atoms with E-state index in [1.807, 2.05) is 0 Å². The van der Waals surface area contributed by atoms with Crippen molar-refractivity contribution in [3.05, 3.63) is 58.7 Å². The Bertz CT molecular complexity index is 2420. The largest absolute Gasteiger partial charge is 0.490 e. The lowest BCUT2D eigenvalue weighted by atomic mass is 10.1. The van der Waals surface area contributed by atoms with Crippen LogP contribution in [0.25, 0.3) is 0 Å². The van der Waals surface area contributed by atoms with Gasteiger partial charge in [0.15, 0.2) is 34.5 Å². The van der Waals surface area contributed by atoms with Crippen molar-refractivity contribution in [1.29, 1.82) is 10.5 Å². The number of benzene rings is 3. The zero-order valence-electron chi connectivity index (χ0n) is 69.1. The molecule has 3 aromatic rings. The van der Waals surface area contributed by atoms with Crippen LogP contribution in [0.4, 0.5) is 0 Å². The van der Waals surface area contributed by atoms with E-state index in [2.05, 4.69) is 53.7 Å². The lowest BCUT2D eigenvalue weighted by Gasteiger charge is -2.19. The molecule has 3 rings (SSSR count). The second-order valence-electron chi connectivity index (χ2n) is 30.6. The van der Waals surface area contributed by atoms with Gasteiger partial charge in [0.05, 0.1) is 50.8 Å². The second-order valence-corrected chi connectivity index (χ2v) is 30.6. The van der Waals surface area contributed by atoms with Gasteiger partial charge < -0.3 is 37.9 Å². The van der Waals surface area contributed by atoms with Crippen LogP contribution in [-0.2, 0) is 0 Å². The van der Waals surface area contributed by atoms with Crippen LogP contribution in [-0.4, -0.2) is 51.6 Å². The van der Waals surface area contributed by atoms with E-state index in [4.69, 9.17) is 37.9 Å². The molecule has 0 unspecified atom stereocenters. The number of nitrogens with zero attached hydrogens (tertiary/aromatic N) is 2. The molecule has 0 heterocycles. The van der Waals surface area contributed by atoms with Gasteiger partial charge in [0.1, 0.15) is 23.3 Å². The smallest absolute Gasteiger partial charge is 0.343 e. The first kappa shape index (κ1) is 94.6. The highest BCUT2D eigenvalue weighted by molar-refractivity contribution is 5.94. The van der Waals surface area contributed by atoms with Crippen molar-refractivity contribution in [2.24, 2.45) is 0 Å². The van der Waals surface area contributed by atoms with Crippen molar-refractivity contribution >= 4 is 11.9 Å². The molecule has 0 saturated heterocycles. The number of esters is 2. The van der Waals surface area contributed by atoms with E-state index in [1.54, 1.807) is 24.3 Å². The fourth-order valence-corrected chi connectivity index (χ4v) is 14.0. The number of rotatable bonds is 76. The third kappa shape index (κ3) is 46.7. The van der Waals surface area contributed by atoms with Gasteiger partial charge in [-0.05, 0) is 74.9 Å². The van der Waals surface area contributed by atoms with Gasteiger partial charge in [-0.15, -0.1) is 0 Å². The van der Waals surface area contributed by atoms with Gasteiger partial charge in [-0.2, -0.15) is 10.5 Å². The molecule has 0 aliphatic heterocycles. The zero-order valence-corrected chi connectivity index (χ0v) is 69.1. The molecular formula is C94H156N2O10. The van der Waals surface area contributed by atoms with Gasteiger partial charge >= 0.3 is 11.9 Å². The molecule has 3 aromatic carbocycles. The minimum atomic E-state index is -0.773. The van der Waals surface area contributed by atoms with E-state index >= 15 is 0 Å². The summed E-state index contributed by atoms with van der Waals surface area (Å²) in [7, 11) is 0. The molecule has 0 aliphatic carbocycles. The summed E-state index contributed by atoms with van der Waals surface area (Å²) in [5.41, 5.74) is -0.198. The van der Waals surface area contributed by atoms with Crippen LogP contribution in [0.3, 0.4) is 0 Å². The van der Waals surface area contributed by atoms with Crippen molar-refractivity contribution in [3.8, 4) is 58.1 Å². The molecule has 12 nitrogen and oxygen atoms in total. The van der Waals surface area contributed by atoms with E-state index in [0.29, 0.717) is 74.1 Å². The van der Waals surface area contributed by atoms with Crippen LogP contribution in [0.2, 0.25) is 0 Å². The number of carbonyl (C=O) groups excluding carboxylic acids is 2. The molecule has 0 amide bonds. The summed E-state index contributed by atoms with van der Waals surface area (Å²) in [6.07, 6.45) is 71.9. The molecule has 0 atom stereocenters. The first-order valence-electron chi connectivity index (χ1n) is 44.8. The Morgan fingerprint density at radius 1 is 0.236 bits per heavy atom. The highest BCUT2D eigenvalue weighted by atomic mass is 16.6. The van der Waals surface area contributed by atoms with Crippen LogP contribution < -0.4 is 37.9 Å². The summed E-state index contributed by atoms with van der Waals surface area (Å²) in [6.45, 7) is 16.3. The van der Waals surface area contributed by atoms with E-state index in [9.17, 15) is 20.1 Å². The molecular weight excluding hydrogens is 1320 g/mol. The Balaban J connectivity index is 1.99. The molecule has 12 heteroatoms. The molecule has 602 valence electrons. The van der Waals surface area contributed by atoms with Crippen molar-refractivity contribution in [1.82, 2.24) is 0 Å². The molecule has 0 bridgehead atoms. The summed E-state index contributed by atoms with van der Waals surface area (Å²) in [5, 5.41) is 21.7. The summed E-state index contributed by atoms with van der Waals surface area (Å²) in [4.78, 5) is 29.4. The number of carbonyl (C=O) groups is 2. The van der Waals surface area contributed by atoms with Crippen LogP contribution >= 0.6 is 0 Å². The number of nitriles is 2. The average Bonchev–Trinajstić information content (AvgIpc) is 0.804. The summed E-state index contributed by atoms with van der Waals surface area (Å²) in [5.74, 6) is 0.738. The Morgan fingerprint density at radius 2 is 0.396 bits per heavy atom. The highest BCUT2D eigenvalue weighted by Crippen LogP contribution is 2.43. The molecule has 0 aliphatic rings. The van der Waals surface area contributed by atoms with E-state index < -0.39 is 11.9 Å². The van der Waals surface area contributed by atoms with Gasteiger partial charge in [0.2, 0.25) is 11.5 Å². The molecule has 0 fully saturated rings. The third-order valence-electron chi connectivity index (χ3n) is 20.8. The van der Waals surface area contributed by atoms with Crippen molar-refractivity contribution < 1.29 is 47.5 Å². The minimum Gasteiger partial charge on any atom is -0.490 e. The Kier molecular flexibility index (Phi) is 61.2. The Hall–Kier alpha value is -5.62. The summed E-state index contributed by atoms with van der Waals surface area (Å²) >= 11 is 0. The second kappa shape index (κ2) is 68.6. The molecule has 0 radical (unpaired) electrons. The molecule has 106 heavy (non-hydrogen) atoms. The van der Waals surface area contributed by atoms with Crippen molar-refractivity contribution in [2.45, 2.75) is 427 Å². The number of hydrogen-bond acceptors (Lipinski definition) is 12. The van der Waals surface area contributed by atoms with Gasteiger partial charge in [0.25, 0.3) is 0 Å². The predicted molar refractivity (Wildman–Crippen MR) is 443 cm³/mol. The van der Waals surface area contributed by atoms with Crippen molar-refractivity contribution in [3.63, 3.8) is 0 Å². The first-order valence-corrected chi connectivity index (χ1v) is 44.8. The SMILES string of the molecule is CCCCCCCCCCCCOc1cc(C(=O)Oc2ccc(OC(=O)c3cc(OCCCCCCCCCCCC)c(OCCCCCCCCCCCC)c(OCCCCCCCCCCCC)c3)c(C#N)c2C#N)cc(OCCCCCCCCCCCC)c1OCCCCCCCCCCCC. The molecule has 0 saturated carbocycles. The van der Waals surface area contributed by atoms with E-state index in [0.717, 1.165) is 116 Å². The monoisotopic (exact) mass is 1470 g/mol. The normalized spacial score (nSPS) is 11.2. The Morgan fingerprint density at radius 3 is 0.566 bits per heavy atom. The Labute approximate surface area is 649 Å². The third-order valence-corrected chi connectivity index (χ3v) is 20.8. The average molecular weight is 1470 g/mol. The van der Waals surface area contributed by atoms with Crippen LogP contribution in [0.1, 0.15) is 459 Å². The van der Waals surface area contributed by atoms with E-state index in [-0.39, 0.29) is 33.8 Å². The summed E-state index contributed by atoms with van der Waals surface area (Å²) in [6, 6.07) is 13.7. The van der Waals surface area contributed by atoms with E-state index in [1.165, 1.54) is 282 Å². The van der Waals surface area contributed by atoms with Crippen LogP contribution in [0.15, 0.2) is 36.4 Å². The molecule has 0 spiro atoms. The maximum Gasteiger partial charge on any atom is 0.343 e. The van der Waals surface area contributed by atoms with Gasteiger partial charge in [-0.1, -0.05) is 388 Å². The lowest BCUT2D eigenvalue weighted by Crippen LogP contribution is -2.14.